The minimum absolute atomic E-state index is 0.166. The fourth-order valence-electron chi connectivity index (χ4n) is 3.30. The molecule has 0 radical (unpaired) electrons. The lowest BCUT2D eigenvalue weighted by molar-refractivity contribution is -0.0329. The summed E-state index contributed by atoms with van der Waals surface area (Å²) in [5.74, 6) is -0.277. The van der Waals surface area contributed by atoms with Crippen molar-refractivity contribution in [3.05, 3.63) is 54.1 Å². The standard InChI is InChI=1S/C18H13F3N2OS/c1-17(10-25-18(19,20)21)12-7-3-2-6-11(12)15-22-13-8-4-5-9-14(13)23(15)16(17)24/h2-9H,10H2,1H3/t17-/m0/s1. The number of rotatable bonds is 2. The van der Waals surface area contributed by atoms with Crippen molar-refractivity contribution in [1.29, 1.82) is 0 Å². The molecule has 0 bridgehead atoms. The van der Waals surface area contributed by atoms with Gasteiger partial charge in [-0.2, -0.15) is 13.2 Å². The molecule has 4 rings (SSSR count). The number of alkyl halides is 3. The zero-order chi connectivity index (χ0) is 17.8. The maximum atomic E-state index is 13.2. The van der Waals surface area contributed by atoms with Crippen molar-refractivity contribution in [2.45, 2.75) is 17.8 Å². The summed E-state index contributed by atoms with van der Waals surface area (Å²) in [6.07, 6.45) is 0. The zero-order valence-electron chi connectivity index (χ0n) is 13.2. The lowest BCUT2D eigenvalue weighted by Gasteiger charge is -2.34. The second-order valence-electron chi connectivity index (χ2n) is 6.18. The number of aromatic nitrogens is 2. The minimum atomic E-state index is -4.39. The van der Waals surface area contributed by atoms with Gasteiger partial charge in [0.2, 0.25) is 5.91 Å². The Morgan fingerprint density at radius 3 is 2.56 bits per heavy atom. The Morgan fingerprint density at radius 1 is 1.12 bits per heavy atom. The van der Waals surface area contributed by atoms with Crippen molar-refractivity contribution in [3.8, 4) is 11.4 Å². The third kappa shape index (κ3) is 2.45. The van der Waals surface area contributed by atoms with Crippen LogP contribution >= 0.6 is 11.8 Å². The fraction of sp³-hybridized carbons (Fsp3) is 0.222. The van der Waals surface area contributed by atoms with Gasteiger partial charge in [0.15, 0.2) is 0 Å². The maximum Gasteiger partial charge on any atom is 0.441 e. The van der Waals surface area contributed by atoms with Gasteiger partial charge in [-0.05, 0) is 36.4 Å². The van der Waals surface area contributed by atoms with E-state index >= 15 is 0 Å². The molecule has 7 heteroatoms. The first-order valence-corrected chi connectivity index (χ1v) is 8.63. The van der Waals surface area contributed by atoms with Crippen LogP contribution in [-0.4, -0.2) is 26.7 Å². The molecular weight excluding hydrogens is 349 g/mol. The molecule has 1 aliphatic rings. The van der Waals surface area contributed by atoms with E-state index in [9.17, 15) is 18.0 Å². The van der Waals surface area contributed by atoms with E-state index in [4.69, 9.17) is 0 Å². The molecule has 2 aromatic carbocycles. The topological polar surface area (TPSA) is 34.9 Å². The highest BCUT2D eigenvalue weighted by molar-refractivity contribution is 8.00. The Hall–Kier alpha value is -2.28. The molecule has 0 amide bonds. The molecule has 25 heavy (non-hydrogen) atoms. The first-order valence-electron chi connectivity index (χ1n) is 7.64. The molecule has 3 nitrogen and oxygen atoms in total. The van der Waals surface area contributed by atoms with Crippen molar-refractivity contribution >= 4 is 28.7 Å². The van der Waals surface area contributed by atoms with Gasteiger partial charge in [-0.3, -0.25) is 9.36 Å². The van der Waals surface area contributed by atoms with E-state index in [1.807, 2.05) is 6.07 Å². The van der Waals surface area contributed by atoms with Crippen molar-refractivity contribution in [1.82, 2.24) is 9.55 Å². The summed E-state index contributed by atoms with van der Waals surface area (Å²) >= 11 is -0.166. The first-order chi connectivity index (χ1) is 11.8. The summed E-state index contributed by atoms with van der Waals surface area (Å²) < 4.78 is 39.9. The van der Waals surface area contributed by atoms with Crippen LogP contribution in [0.2, 0.25) is 0 Å². The third-order valence-electron chi connectivity index (χ3n) is 4.52. The zero-order valence-corrected chi connectivity index (χ0v) is 14.0. The molecule has 0 spiro atoms. The van der Waals surface area contributed by atoms with E-state index in [1.54, 1.807) is 49.4 Å². The lowest BCUT2D eigenvalue weighted by atomic mass is 9.78. The summed E-state index contributed by atoms with van der Waals surface area (Å²) in [5.41, 5.74) is -3.14. The summed E-state index contributed by atoms with van der Waals surface area (Å²) in [4.78, 5) is 17.8. The van der Waals surface area contributed by atoms with Gasteiger partial charge in [0.25, 0.3) is 0 Å². The second-order valence-corrected chi connectivity index (χ2v) is 7.22. The Labute approximate surface area is 145 Å². The number of hydrogen-bond acceptors (Lipinski definition) is 3. The number of carbonyl (C=O) groups is 1. The highest BCUT2D eigenvalue weighted by Crippen LogP contribution is 2.45. The van der Waals surface area contributed by atoms with Gasteiger partial charge >= 0.3 is 5.51 Å². The summed E-state index contributed by atoms with van der Waals surface area (Å²) in [7, 11) is 0. The normalized spacial score (nSPS) is 19.8. The Balaban J connectivity index is 1.96. The Morgan fingerprint density at radius 2 is 1.80 bits per heavy atom. The number of nitrogens with zero attached hydrogens (tertiary/aromatic N) is 2. The molecular formula is C18H13F3N2OS. The highest BCUT2D eigenvalue weighted by Gasteiger charge is 2.46. The fourth-order valence-corrected chi connectivity index (χ4v) is 4.03. The van der Waals surface area contributed by atoms with Crippen molar-refractivity contribution in [2.24, 2.45) is 0 Å². The number of para-hydroxylation sites is 2. The van der Waals surface area contributed by atoms with Gasteiger partial charge in [0, 0.05) is 11.3 Å². The van der Waals surface area contributed by atoms with Crippen LogP contribution in [0.4, 0.5) is 13.2 Å². The number of halogens is 3. The van der Waals surface area contributed by atoms with Crippen LogP contribution in [0.25, 0.3) is 22.4 Å². The van der Waals surface area contributed by atoms with Gasteiger partial charge in [-0.15, -0.1) is 0 Å². The van der Waals surface area contributed by atoms with Crippen molar-refractivity contribution < 1.29 is 18.0 Å². The average molecular weight is 362 g/mol. The van der Waals surface area contributed by atoms with Gasteiger partial charge in [-0.25, -0.2) is 4.98 Å². The van der Waals surface area contributed by atoms with Crippen LogP contribution in [0.1, 0.15) is 17.3 Å². The van der Waals surface area contributed by atoms with Crippen LogP contribution in [0.3, 0.4) is 0 Å². The van der Waals surface area contributed by atoms with Crippen LogP contribution < -0.4 is 0 Å². The molecule has 0 saturated heterocycles. The molecule has 2 heterocycles. The quantitative estimate of drug-likeness (QED) is 0.652. The van der Waals surface area contributed by atoms with Crippen LogP contribution in [-0.2, 0) is 5.41 Å². The van der Waals surface area contributed by atoms with Crippen LogP contribution in [0, 0.1) is 0 Å². The largest absolute Gasteiger partial charge is 0.441 e. The monoisotopic (exact) mass is 362 g/mol. The van der Waals surface area contributed by atoms with Gasteiger partial charge < -0.3 is 0 Å². The van der Waals surface area contributed by atoms with Crippen molar-refractivity contribution in [3.63, 3.8) is 0 Å². The molecule has 0 fully saturated rings. The Kier molecular flexibility index (Phi) is 3.47. The first kappa shape index (κ1) is 16.2. The van der Waals surface area contributed by atoms with Gasteiger partial charge in [0.05, 0.1) is 16.4 Å². The van der Waals surface area contributed by atoms with E-state index in [-0.39, 0.29) is 23.4 Å². The molecule has 0 N–H and O–H groups in total. The summed E-state index contributed by atoms with van der Waals surface area (Å²) in [5, 5.41) is 0. The number of fused-ring (bicyclic) bond motifs is 5. The predicted molar refractivity (Wildman–Crippen MR) is 91.7 cm³/mol. The second kappa shape index (κ2) is 5.36. The number of imidazole rings is 1. The van der Waals surface area contributed by atoms with Crippen molar-refractivity contribution in [2.75, 3.05) is 5.75 Å². The van der Waals surface area contributed by atoms with Gasteiger partial charge in [-0.1, -0.05) is 36.4 Å². The molecule has 0 aliphatic carbocycles. The predicted octanol–water partition coefficient (Wildman–Crippen LogP) is 4.87. The summed E-state index contributed by atoms with van der Waals surface area (Å²) in [6, 6.07) is 14.2. The maximum absolute atomic E-state index is 13.2. The van der Waals surface area contributed by atoms with E-state index < -0.39 is 10.9 Å². The molecule has 1 aromatic heterocycles. The molecule has 128 valence electrons. The molecule has 1 aliphatic heterocycles. The minimum Gasteiger partial charge on any atom is -0.273 e. The number of benzene rings is 2. The highest BCUT2D eigenvalue weighted by atomic mass is 32.2. The molecule has 0 saturated carbocycles. The van der Waals surface area contributed by atoms with E-state index in [0.717, 1.165) is 0 Å². The van der Waals surface area contributed by atoms with E-state index in [1.165, 1.54) is 4.57 Å². The van der Waals surface area contributed by atoms with Crippen LogP contribution in [0.15, 0.2) is 48.5 Å². The lowest BCUT2D eigenvalue weighted by Crippen LogP contribution is -2.43. The smallest absolute Gasteiger partial charge is 0.273 e. The molecule has 3 aromatic rings. The van der Waals surface area contributed by atoms with Gasteiger partial charge in [0.1, 0.15) is 5.82 Å². The Bertz CT molecular complexity index is 995. The third-order valence-corrected chi connectivity index (χ3v) is 5.57. The van der Waals surface area contributed by atoms with E-state index in [0.29, 0.717) is 28.0 Å². The SMILES string of the molecule is C[C@@]1(CSC(F)(F)F)C(=O)n2c(nc3ccccc32)-c2ccccc21. The molecule has 1 atom stereocenters. The van der Waals surface area contributed by atoms with E-state index in [2.05, 4.69) is 4.98 Å². The number of carbonyl (C=O) groups excluding carboxylic acids is 1. The number of thioether (sulfide) groups is 1. The molecule has 0 unspecified atom stereocenters. The van der Waals surface area contributed by atoms with Crippen LogP contribution in [0.5, 0.6) is 0 Å². The number of hydrogen-bond donors (Lipinski definition) is 0. The average Bonchev–Trinajstić information content (AvgIpc) is 2.97. The summed E-state index contributed by atoms with van der Waals surface area (Å²) in [6.45, 7) is 1.57.